The van der Waals surface area contributed by atoms with E-state index in [4.69, 9.17) is 9.47 Å². The van der Waals surface area contributed by atoms with Crippen molar-refractivity contribution in [1.29, 1.82) is 0 Å². The summed E-state index contributed by atoms with van der Waals surface area (Å²) in [6.45, 7) is 3.66. The molecule has 2 aromatic rings. The first-order valence-corrected chi connectivity index (χ1v) is 6.55. The van der Waals surface area contributed by atoms with Gasteiger partial charge in [0.25, 0.3) is 0 Å². The number of carbonyl (C=O) groups is 1. The number of benzene rings is 2. The molecule has 0 aliphatic rings. The lowest BCUT2D eigenvalue weighted by Crippen LogP contribution is -2.08. The molecular formula is C17H18O4. The quantitative estimate of drug-likeness (QED) is 0.876. The second-order valence-electron chi connectivity index (χ2n) is 4.84. The monoisotopic (exact) mass is 286 g/mol. The molecule has 0 bridgehead atoms. The zero-order chi connectivity index (χ0) is 15.6. The predicted octanol–water partition coefficient (Wildman–Crippen LogP) is 3.26. The van der Waals surface area contributed by atoms with Gasteiger partial charge < -0.3 is 14.6 Å². The number of aryl methyl sites for hydroxylation is 2. The molecule has 0 radical (unpaired) electrons. The van der Waals surface area contributed by atoms with Gasteiger partial charge in [-0.2, -0.15) is 0 Å². The molecular weight excluding hydrogens is 268 g/mol. The number of carbonyl (C=O) groups excluding carboxylic acids is 1. The van der Waals surface area contributed by atoms with Crippen molar-refractivity contribution in [1.82, 2.24) is 0 Å². The number of aromatic hydroxyl groups is 1. The Morgan fingerprint density at radius 3 is 2.05 bits per heavy atom. The Bertz CT molecular complexity index is 644. The summed E-state index contributed by atoms with van der Waals surface area (Å²) in [4.78, 5) is 12.8. The molecule has 0 unspecified atom stereocenters. The SMILES string of the molecule is COc1cccc(OC)c1C(=O)c1c(C)cc(C)cc1O. The van der Waals surface area contributed by atoms with Gasteiger partial charge in [0.2, 0.25) is 5.78 Å². The maximum atomic E-state index is 12.8. The van der Waals surface area contributed by atoms with Crippen LogP contribution in [0.3, 0.4) is 0 Å². The van der Waals surface area contributed by atoms with Crippen molar-refractivity contribution in [2.24, 2.45) is 0 Å². The number of phenolic OH excluding ortho intramolecular Hbond substituents is 1. The predicted molar refractivity (Wildman–Crippen MR) is 80.6 cm³/mol. The topological polar surface area (TPSA) is 55.8 Å². The molecule has 0 fully saturated rings. The molecule has 0 aliphatic carbocycles. The summed E-state index contributed by atoms with van der Waals surface area (Å²) in [5.41, 5.74) is 2.19. The lowest BCUT2D eigenvalue weighted by Gasteiger charge is -2.14. The van der Waals surface area contributed by atoms with E-state index in [9.17, 15) is 9.90 Å². The number of hydrogen-bond donors (Lipinski definition) is 1. The molecule has 1 N–H and O–H groups in total. The van der Waals surface area contributed by atoms with Crippen molar-refractivity contribution < 1.29 is 19.4 Å². The highest BCUT2D eigenvalue weighted by atomic mass is 16.5. The number of ketones is 1. The van der Waals surface area contributed by atoms with Crippen molar-refractivity contribution in [3.05, 3.63) is 52.6 Å². The van der Waals surface area contributed by atoms with Gasteiger partial charge in [-0.05, 0) is 43.2 Å². The van der Waals surface area contributed by atoms with Crippen LogP contribution in [-0.4, -0.2) is 25.1 Å². The molecule has 0 saturated carbocycles. The van der Waals surface area contributed by atoms with Crippen molar-refractivity contribution in [2.45, 2.75) is 13.8 Å². The maximum absolute atomic E-state index is 12.8. The summed E-state index contributed by atoms with van der Waals surface area (Å²) in [7, 11) is 2.99. The summed E-state index contributed by atoms with van der Waals surface area (Å²) >= 11 is 0. The van der Waals surface area contributed by atoms with Gasteiger partial charge in [-0.3, -0.25) is 4.79 Å². The normalized spacial score (nSPS) is 10.3. The minimum atomic E-state index is -0.320. The van der Waals surface area contributed by atoms with Gasteiger partial charge >= 0.3 is 0 Å². The van der Waals surface area contributed by atoms with Gasteiger partial charge in [-0.25, -0.2) is 0 Å². The molecule has 0 amide bonds. The van der Waals surface area contributed by atoms with E-state index >= 15 is 0 Å². The van der Waals surface area contributed by atoms with Gasteiger partial charge in [-0.15, -0.1) is 0 Å². The van der Waals surface area contributed by atoms with Crippen LogP contribution in [0.25, 0.3) is 0 Å². The number of ether oxygens (including phenoxy) is 2. The van der Waals surface area contributed by atoms with E-state index in [-0.39, 0.29) is 17.1 Å². The lowest BCUT2D eigenvalue weighted by molar-refractivity contribution is 0.103. The zero-order valence-corrected chi connectivity index (χ0v) is 12.6. The Hall–Kier alpha value is -2.49. The molecule has 4 heteroatoms. The third kappa shape index (κ3) is 2.70. The van der Waals surface area contributed by atoms with E-state index in [1.165, 1.54) is 14.2 Å². The molecule has 0 atom stereocenters. The molecule has 2 rings (SSSR count). The third-order valence-electron chi connectivity index (χ3n) is 3.34. The number of rotatable bonds is 4. The van der Waals surface area contributed by atoms with E-state index in [2.05, 4.69) is 0 Å². The highest BCUT2D eigenvalue weighted by Crippen LogP contribution is 2.34. The zero-order valence-electron chi connectivity index (χ0n) is 12.6. The molecule has 0 saturated heterocycles. The molecule has 0 aromatic heterocycles. The van der Waals surface area contributed by atoms with Crippen LogP contribution in [0.4, 0.5) is 0 Å². The maximum Gasteiger partial charge on any atom is 0.204 e. The largest absolute Gasteiger partial charge is 0.507 e. The van der Waals surface area contributed by atoms with E-state index in [1.807, 2.05) is 13.0 Å². The second kappa shape index (κ2) is 5.87. The van der Waals surface area contributed by atoms with Crippen molar-refractivity contribution >= 4 is 5.78 Å². The van der Waals surface area contributed by atoms with Gasteiger partial charge in [0.05, 0.1) is 19.8 Å². The van der Waals surface area contributed by atoms with Crippen LogP contribution in [0.5, 0.6) is 17.2 Å². The highest BCUT2D eigenvalue weighted by molar-refractivity contribution is 6.14. The van der Waals surface area contributed by atoms with Crippen molar-refractivity contribution in [2.75, 3.05) is 14.2 Å². The van der Waals surface area contributed by atoms with Gasteiger partial charge in [0, 0.05) is 0 Å². The van der Waals surface area contributed by atoms with Crippen LogP contribution in [0.15, 0.2) is 30.3 Å². The number of phenols is 1. The molecule has 4 nitrogen and oxygen atoms in total. The Balaban J connectivity index is 2.66. The summed E-state index contributed by atoms with van der Waals surface area (Å²) in [6.07, 6.45) is 0. The Morgan fingerprint density at radius 1 is 1.00 bits per heavy atom. The van der Waals surface area contributed by atoms with Gasteiger partial charge in [-0.1, -0.05) is 12.1 Å². The van der Waals surface area contributed by atoms with E-state index in [0.29, 0.717) is 22.6 Å². The van der Waals surface area contributed by atoms with E-state index < -0.39 is 0 Å². The van der Waals surface area contributed by atoms with Gasteiger partial charge in [0.1, 0.15) is 22.8 Å². The van der Waals surface area contributed by atoms with Crippen molar-refractivity contribution in [3.63, 3.8) is 0 Å². The van der Waals surface area contributed by atoms with Crippen molar-refractivity contribution in [3.8, 4) is 17.2 Å². The first-order chi connectivity index (χ1) is 9.99. The molecule has 0 aliphatic heterocycles. The highest BCUT2D eigenvalue weighted by Gasteiger charge is 2.23. The minimum Gasteiger partial charge on any atom is -0.507 e. The minimum absolute atomic E-state index is 0.0366. The Morgan fingerprint density at radius 2 is 1.57 bits per heavy atom. The summed E-state index contributed by atoms with van der Waals surface area (Å²) in [5, 5.41) is 10.1. The standard InChI is InChI=1S/C17H18O4/c1-10-8-11(2)15(12(18)9-10)17(19)16-13(20-3)6-5-7-14(16)21-4/h5-9,18H,1-4H3. The average Bonchev–Trinajstić information content (AvgIpc) is 2.44. The number of hydrogen-bond acceptors (Lipinski definition) is 4. The van der Waals surface area contributed by atoms with Crippen LogP contribution in [-0.2, 0) is 0 Å². The smallest absolute Gasteiger partial charge is 0.204 e. The van der Waals surface area contributed by atoms with Crippen LogP contribution in [0, 0.1) is 13.8 Å². The van der Waals surface area contributed by atoms with Crippen LogP contribution in [0.1, 0.15) is 27.0 Å². The fourth-order valence-electron chi connectivity index (χ4n) is 2.44. The average molecular weight is 286 g/mol. The summed E-state index contributed by atoms with van der Waals surface area (Å²) in [5.74, 6) is 0.474. The third-order valence-corrected chi connectivity index (χ3v) is 3.34. The molecule has 0 heterocycles. The second-order valence-corrected chi connectivity index (χ2v) is 4.84. The fourth-order valence-corrected chi connectivity index (χ4v) is 2.44. The summed E-state index contributed by atoms with van der Waals surface area (Å²) in [6, 6.07) is 8.56. The number of methoxy groups -OCH3 is 2. The Kier molecular flexibility index (Phi) is 4.17. The first kappa shape index (κ1) is 14.9. The molecule has 0 spiro atoms. The Labute approximate surface area is 123 Å². The summed E-state index contributed by atoms with van der Waals surface area (Å²) < 4.78 is 10.5. The fraction of sp³-hybridized carbons (Fsp3) is 0.235. The molecule has 2 aromatic carbocycles. The lowest BCUT2D eigenvalue weighted by atomic mass is 9.95. The van der Waals surface area contributed by atoms with Crippen LogP contribution < -0.4 is 9.47 Å². The first-order valence-electron chi connectivity index (χ1n) is 6.55. The molecule has 21 heavy (non-hydrogen) atoms. The van der Waals surface area contributed by atoms with E-state index in [0.717, 1.165) is 5.56 Å². The van der Waals surface area contributed by atoms with E-state index in [1.54, 1.807) is 31.2 Å². The molecule has 110 valence electrons. The van der Waals surface area contributed by atoms with Crippen LogP contribution >= 0.6 is 0 Å². The van der Waals surface area contributed by atoms with Crippen LogP contribution in [0.2, 0.25) is 0 Å². The van der Waals surface area contributed by atoms with Gasteiger partial charge in [0.15, 0.2) is 0 Å².